The molecule has 1 aliphatic rings. The zero-order chi connectivity index (χ0) is 13.9. The van der Waals surface area contributed by atoms with Crippen molar-refractivity contribution in [3.63, 3.8) is 0 Å². The highest BCUT2D eigenvalue weighted by Crippen LogP contribution is 2.32. The van der Waals surface area contributed by atoms with E-state index in [1.54, 1.807) is 7.11 Å². The molecule has 0 aromatic heterocycles. The molecule has 20 heavy (non-hydrogen) atoms. The summed E-state index contributed by atoms with van der Waals surface area (Å²) < 4.78 is 5.44. The normalized spacial score (nSPS) is 17.6. The summed E-state index contributed by atoms with van der Waals surface area (Å²) in [6, 6.07) is 16.2. The van der Waals surface area contributed by atoms with Crippen molar-refractivity contribution < 1.29 is 9.53 Å². The highest BCUT2D eigenvalue weighted by atomic mass is 16.5. The Morgan fingerprint density at radius 2 is 1.90 bits per heavy atom. The fourth-order valence-electron chi connectivity index (χ4n) is 2.98. The summed E-state index contributed by atoms with van der Waals surface area (Å²) in [6.45, 7) is 0. The Morgan fingerprint density at radius 1 is 1.10 bits per heavy atom. The lowest BCUT2D eigenvalue weighted by molar-refractivity contribution is -0.122. The number of carbonyl (C=O) groups excluding carboxylic acids is 1. The van der Waals surface area contributed by atoms with Crippen LogP contribution >= 0.6 is 0 Å². The van der Waals surface area contributed by atoms with E-state index in [1.165, 1.54) is 11.1 Å². The van der Waals surface area contributed by atoms with Crippen molar-refractivity contribution in [2.75, 3.05) is 7.11 Å². The summed E-state index contributed by atoms with van der Waals surface area (Å²) in [6.07, 6.45) is 2.13. The van der Waals surface area contributed by atoms with Crippen LogP contribution in [0.4, 0.5) is 0 Å². The van der Waals surface area contributed by atoms with E-state index < -0.39 is 0 Å². The molecule has 1 atom stereocenters. The fraction of sp³-hybridized carbons (Fsp3) is 0.278. The van der Waals surface area contributed by atoms with Crippen molar-refractivity contribution in [1.82, 2.24) is 0 Å². The van der Waals surface area contributed by atoms with Gasteiger partial charge in [-0.15, -0.1) is 0 Å². The Balaban J connectivity index is 1.86. The number of carbonyl (C=O) groups is 1. The molecule has 0 bridgehead atoms. The van der Waals surface area contributed by atoms with Gasteiger partial charge in [-0.25, -0.2) is 0 Å². The van der Waals surface area contributed by atoms with Crippen molar-refractivity contribution in [3.05, 3.63) is 65.2 Å². The van der Waals surface area contributed by atoms with Gasteiger partial charge in [0.2, 0.25) is 0 Å². The molecule has 0 fully saturated rings. The Bertz CT molecular complexity index is 617. The third kappa shape index (κ3) is 2.46. The van der Waals surface area contributed by atoms with Gasteiger partial charge in [-0.05, 0) is 35.6 Å². The average Bonchev–Trinajstić information content (AvgIpc) is 2.48. The van der Waals surface area contributed by atoms with E-state index in [4.69, 9.17) is 4.74 Å². The standard InChI is InChI=1S/C18H18O2/c1-20-18-9-5-8-14-12-17(19)15(11-16(14)18)10-13-6-3-2-4-7-13/h2-9,15H,10-12H2,1H3. The first-order valence-electron chi connectivity index (χ1n) is 6.99. The molecule has 2 aromatic carbocycles. The van der Waals surface area contributed by atoms with Gasteiger partial charge in [0, 0.05) is 12.3 Å². The van der Waals surface area contributed by atoms with Gasteiger partial charge in [0.25, 0.3) is 0 Å². The maximum Gasteiger partial charge on any atom is 0.141 e. The minimum atomic E-state index is 0.0706. The van der Waals surface area contributed by atoms with Crippen molar-refractivity contribution in [2.24, 2.45) is 5.92 Å². The second kappa shape index (κ2) is 5.49. The summed E-state index contributed by atoms with van der Waals surface area (Å²) in [4.78, 5) is 12.3. The maximum absolute atomic E-state index is 12.3. The molecule has 0 N–H and O–H groups in total. The van der Waals surface area contributed by atoms with Crippen molar-refractivity contribution in [1.29, 1.82) is 0 Å². The molecule has 0 saturated heterocycles. The second-order valence-electron chi connectivity index (χ2n) is 5.33. The molecule has 2 aromatic rings. The van der Waals surface area contributed by atoms with Gasteiger partial charge in [-0.2, -0.15) is 0 Å². The fourth-order valence-corrected chi connectivity index (χ4v) is 2.98. The highest BCUT2D eigenvalue weighted by Gasteiger charge is 2.28. The number of fused-ring (bicyclic) bond motifs is 1. The molecule has 102 valence electrons. The van der Waals surface area contributed by atoms with E-state index in [2.05, 4.69) is 12.1 Å². The minimum Gasteiger partial charge on any atom is -0.496 e. The number of hydrogen-bond donors (Lipinski definition) is 0. The molecule has 2 nitrogen and oxygen atoms in total. The Labute approximate surface area is 119 Å². The third-order valence-corrected chi connectivity index (χ3v) is 4.05. The Morgan fingerprint density at radius 3 is 2.65 bits per heavy atom. The minimum absolute atomic E-state index is 0.0706. The molecule has 1 unspecified atom stereocenters. The lowest BCUT2D eigenvalue weighted by Crippen LogP contribution is -2.27. The van der Waals surface area contributed by atoms with Crippen LogP contribution in [-0.4, -0.2) is 12.9 Å². The summed E-state index contributed by atoms with van der Waals surface area (Å²) >= 11 is 0. The molecule has 0 spiro atoms. The van der Waals surface area contributed by atoms with Gasteiger partial charge < -0.3 is 4.74 Å². The molecule has 2 heteroatoms. The largest absolute Gasteiger partial charge is 0.496 e. The van der Waals surface area contributed by atoms with E-state index in [1.807, 2.05) is 36.4 Å². The summed E-state index contributed by atoms with van der Waals surface area (Å²) in [5, 5.41) is 0. The zero-order valence-electron chi connectivity index (χ0n) is 11.6. The van der Waals surface area contributed by atoms with Crippen LogP contribution in [0.15, 0.2) is 48.5 Å². The van der Waals surface area contributed by atoms with Crippen LogP contribution in [-0.2, 0) is 24.1 Å². The SMILES string of the molecule is COc1cccc2c1CC(Cc1ccccc1)C(=O)C2. The van der Waals surface area contributed by atoms with Gasteiger partial charge in [-0.3, -0.25) is 4.79 Å². The van der Waals surface area contributed by atoms with E-state index >= 15 is 0 Å². The molecule has 1 aliphatic carbocycles. The van der Waals surface area contributed by atoms with Crippen molar-refractivity contribution in [3.8, 4) is 5.75 Å². The highest BCUT2D eigenvalue weighted by molar-refractivity contribution is 5.86. The number of Topliss-reactive ketones (excluding diaryl/α,β-unsaturated/α-hetero) is 1. The molecule has 0 amide bonds. The molecule has 0 aliphatic heterocycles. The Kier molecular flexibility index (Phi) is 3.55. The van der Waals surface area contributed by atoms with Crippen LogP contribution in [0.5, 0.6) is 5.75 Å². The first kappa shape index (κ1) is 12.9. The van der Waals surface area contributed by atoms with Crippen LogP contribution in [0.3, 0.4) is 0 Å². The topological polar surface area (TPSA) is 26.3 Å². The smallest absolute Gasteiger partial charge is 0.141 e. The van der Waals surface area contributed by atoms with Gasteiger partial charge in [0.1, 0.15) is 11.5 Å². The quantitative estimate of drug-likeness (QED) is 0.852. The maximum atomic E-state index is 12.3. The van der Waals surface area contributed by atoms with E-state index in [0.29, 0.717) is 12.2 Å². The first-order valence-corrected chi connectivity index (χ1v) is 6.99. The number of benzene rings is 2. The lowest BCUT2D eigenvalue weighted by atomic mass is 9.79. The number of ketones is 1. The van der Waals surface area contributed by atoms with Crippen LogP contribution < -0.4 is 4.74 Å². The number of ether oxygens (including phenoxy) is 1. The van der Waals surface area contributed by atoms with Crippen LogP contribution in [0.1, 0.15) is 16.7 Å². The molecular formula is C18H18O2. The zero-order valence-corrected chi connectivity index (χ0v) is 11.6. The Hall–Kier alpha value is -2.09. The van der Waals surface area contributed by atoms with Crippen LogP contribution in [0.2, 0.25) is 0 Å². The van der Waals surface area contributed by atoms with Crippen molar-refractivity contribution in [2.45, 2.75) is 19.3 Å². The van der Waals surface area contributed by atoms with Crippen LogP contribution in [0.25, 0.3) is 0 Å². The number of hydrogen-bond acceptors (Lipinski definition) is 2. The third-order valence-electron chi connectivity index (χ3n) is 4.05. The molecule has 0 saturated carbocycles. The van der Waals surface area contributed by atoms with Gasteiger partial charge >= 0.3 is 0 Å². The van der Waals surface area contributed by atoms with Gasteiger partial charge in [-0.1, -0.05) is 42.5 Å². The molecule has 0 radical (unpaired) electrons. The summed E-state index contributed by atoms with van der Waals surface area (Å²) in [7, 11) is 1.69. The predicted molar refractivity (Wildman–Crippen MR) is 79.0 cm³/mol. The van der Waals surface area contributed by atoms with Gasteiger partial charge in [0.05, 0.1) is 7.11 Å². The number of methoxy groups -OCH3 is 1. The van der Waals surface area contributed by atoms with Crippen molar-refractivity contribution >= 4 is 5.78 Å². The lowest BCUT2D eigenvalue weighted by Gasteiger charge is -2.25. The van der Waals surface area contributed by atoms with E-state index in [-0.39, 0.29) is 5.92 Å². The first-order chi connectivity index (χ1) is 9.78. The second-order valence-corrected chi connectivity index (χ2v) is 5.33. The van der Waals surface area contributed by atoms with Crippen LogP contribution in [0, 0.1) is 5.92 Å². The van der Waals surface area contributed by atoms with Gasteiger partial charge in [0.15, 0.2) is 0 Å². The summed E-state index contributed by atoms with van der Waals surface area (Å²) in [5.74, 6) is 1.32. The monoisotopic (exact) mass is 266 g/mol. The predicted octanol–water partition coefficient (Wildman–Crippen LogP) is 3.22. The van der Waals surface area contributed by atoms with E-state index in [0.717, 1.165) is 24.2 Å². The number of rotatable bonds is 3. The molecular weight excluding hydrogens is 248 g/mol. The van der Waals surface area contributed by atoms with E-state index in [9.17, 15) is 4.79 Å². The molecule has 3 rings (SSSR count). The molecule has 0 heterocycles. The average molecular weight is 266 g/mol. The summed E-state index contributed by atoms with van der Waals surface area (Å²) in [5.41, 5.74) is 3.55.